The lowest BCUT2D eigenvalue weighted by molar-refractivity contribution is -0.142. The topological polar surface area (TPSA) is 43.4 Å². The molecule has 0 atom stereocenters. The van der Waals surface area contributed by atoms with Crippen LogP contribution >= 0.6 is 15.9 Å². The molecular weight excluding hydrogens is 296 g/mol. The van der Waals surface area contributed by atoms with Crippen molar-refractivity contribution in [1.82, 2.24) is 0 Å². The molecule has 0 heterocycles. The minimum Gasteiger partial charge on any atom is -0.466 e. The minimum absolute atomic E-state index is 0.126. The van der Waals surface area contributed by atoms with Crippen LogP contribution in [0, 0.1) is 6.92 Å². The van der Waals surface area contributed by atoms with Gasteiger partial charge in [0.05, 0.1) is 18.4 Å². The zero-order valence-electron chi connectivity index (χ0n) is 10.7. The number of benzene rings is 1. The number of alkyl halides is 1. The normalized spacial score (nSPS) is 10.2. The maximum atomic E-state index is 11.5. The van der Waals surface area contributed by atoms with E-state index in [1.165, 1.54) is 0 Å². The summed E-state index contributed by atoms with van der Waals surface area (Å²) >= 11 is 3.14. The van der Waals surface area contributed by atoms with Gasteiger partial charge in [0, 0.05) is 6.42 Å². The monoisotopic (exact) mass is 312 g/mol. The van der Waals surface area contributed by atoms with E-state index < -0.39 is 0 Å². The van der Waals surface area contributed by atoms with E-state index in [-0.39, 0.29) is 18.2 Å². The summed E-state index contributed by atoms with van der Waals surface area (Å²) in [4.78, 5) is 22.8. The van der Waals surface area contributed by atoms with Gasteiger partial charge in [0.15, 0.2) is 0 Å². The maximum Gasteiger partial charge on any atom is 0.310 e. The number of esters is 1. The van der Waals surface area contributed by atoms with Crippen LogP contribution in [0.25, 0.3) is 0 Å². The number of Topliss-reactive ketones (excluding diaryl/α,β-unsaturated/α-hetero) is 1. The van der Waals surface area contributed by atoms with Gasteiger partial charge in [-0.25, -0.2) is 0 Å². The first-order chi connectivity index (χ1) is 8.56. The van der Waals surface area contributed by atoms with E-state index in [0.29, 0.717) is 18.4 Å². The van der Waals surface area contributed by atoms with Crippen LogP contribution in [0.3, 0.4) is 0 Å². The molecule has 0 saturated heterocycles. The van der Waals surface area contributed by atoms with Crippen molar-refractivity contribution >= 4 is 27.7 Å². The molecule has 0 aliphatic rings. The molecule has 0 amide bonds. The Bertz CT molecular complexity index is 441. The van der Waals surface area contributed by atoms with Crippen molar-refractivity contribution in [2.24, 2.45) is 0 Å². The highest BCUT2D eigenvalue weighted by molar-refractivity contribution is 9.09. The van der Waals surface area contributed by atoms with Gasteiger partial charge in [-0.15, -0.1) is 0 Å². The van der Waals surface area contributed by atoms with Gasteiger partial charge in [0.1, 0.15) is 5.78 Å². The smallest absolute Gasteiger partial charge is 0.310 e. The highest BCUT2D eigenvalue weighted by Crippen LogP contribution is 2.13. The second kappa shape index (κ2) is 7.31. The number of carbonyl (C=O) groups excluding carboxylic acids is 2. The lowest BCUT2D eigenvalue weighted by Crippen LogP contribution is -2.10. The highest BCUT2D eigenvalue weighted by Gasteiger charge is 2.09. The fourth-order valence-electron chi connectivity index (χ4n) is 1.67. The van der Waals surface area contributed by atoms with Crippen LogP contribution in [0.2, 0.25) is 0 Å². The zero-order valence-corrected chi connectivity index (χ0v) is 12.2. The Balaban J connectivity index is 2.80. The molecule has 18 heavy (non-hydrogen) atoms. The summed E-state index contributed by atoms with van der Waals surface area (Å²) < 4.78 is 4.93. The summed E-state index contributed by atoms with van der Waals surface area (Å²) in [5.41, 5.74) is 2.90. The number of hydrogen-bond donors (Lipinski definition) is 0. The largest absolute Gasteiger partial charge is 0.466 e. The van der Waals surface area contributed by atoms with Crippen LogP contribution in [0.1, 0.15) is 23.6 Å². The number of rotatable bonds is 6. The second-order valence-corrected chi connectivity index (χ2v) is 4.65. The third kappa shape index (κ3) is 4.61. The Morgan fingerprint density at radius 3 is 2.61 bits per heavy atom. The highest BCUT2D eigenvalue weighted by atomic mass is 79.9. The average molecular weight is 313 g/mol. The molecule has 3 nitrogen and oxygen atoms in total. The molecular formula is C14H17BrO3. The van der Waals surface area contributed by atoms with E-state index in [2.05, 4.69) is 15.9 Å². The molecule has 0 spiro atoms. The first kappa shape index (κ1) is 14.9. The summed E-state index contributed by atoms with van der Waals surface area (Å²) in [5.74, 6) is -0.106. The van der Waals surface area contributed by atoms with Crippen LogP contribution in [-0.2, 0) is 27.2 Å². The number of carbonyl (C=O) groups is 2. The van der Waals surface area contributed by atoms with Crippen molar-refractivity contribution in [2.45, 2.75) is 26.7 Å². The molecule has 0 aliphatic carbocycles. The average Bonchev–Trinajstić information content (AvgIpc) is 2.33. The third-order valence-corrected chi connectivity index (χ3v) is 3.23. The summed E-state index contributed by atoms with van der Waals surface area (Å²) in [7, 11) is 0. The number of halogens is 1. The van der Waals surface area contributed by atoms with Gasteiger partial charge in [-0.2, -0.15) is 0 Å². The minimum atomic E-state index is -0.232. The molecule has 0 unspecified atom stereocenters. The first-order valence-electron chi connectivity index (χ1n) is 5.88. The molecule has 0 aliphatic heterocycles. The van der Waals surface area contributed by atoms with Crippen molar-refractivity contribution in [3.63, 3.8) is 0 Å². The van der Waals surface area contributed by atoms with Crippen LogP contribution in [0.15, 0.2) is 18.2 Å². The Morgan fingerprint density at radius 1 is 1.28 bits per heavy atom. The molecule has 1 rings (SSSR count). The molecule has 0 N–H and O–H groups in total. The predicted octanol–water partition coefficient (Wildman–Crippen LogP) is 2.61. The number of aryl methyl sites for hydroxylation is 1. The molecule has 0 radical (unpaired) electrons. The zero-order chi connectivity index (χ0) is 13.5. The Labute approximate surface area is 116 Å². The third-order valence-electron chi connectivity index (χ3n) is 2.60. The van der Waals surface area contributed by atoms with Gasteiger partial charge >= 0.3 is 5.97 Å². The summed E-state index contributed by atoms with van der Waals surface area (Å²) in [5, 5.41) is 0.355. The van der Waals surface area contributed by atoms with Crippen molar-refractivity contribution in [3.05, 3.63) is 34.9 Å². The Morgan fingerprint density at radius 2 is 2.00 bits per heavy atom. The van der Waals surface area contributed by atoms with Crippen molar-refractivity contribution in [3.8, 4) is 0 Å². The number of ether oxygens (including phenoxy) is 1. The van der Waals surface area contributed by atoms with Crippen LogP contribution in [-0.4, -0.2) is 23.7 Å². The molecule has 1 aromatic rings. The van der Waals surface area contributed by atoms with Crippen molar-refractivity contribution in [1.29, 1.82) is 0 Å². The van der Waals surface area contributed by atoms with E-state index in [4.69, 9.17) is 4.74 Å². The molecule has 0 saturated carbocycles. The quantitative estimate of drug-likeness (QED) is 0.599. The lowest BCUT2D eigenvalue weighted by atomic mass is 10.00. The van der Waals surface area contributed by atoms with Crippen molar-refractivity contribution in [2.75, 3.05) is 11.9 Å². The summed E-state index contributed by atoms with van der Waals surface area (Å²) in [6, 6.07) is 5.77. The van der Waals surface area contributed by atoms with Gasteiger partial charge in [-0.1, -0.05) is 34.1 Å². The van der Waals surface area contributed by atoms with Gasteiger partial charge < -0.3 is 4.74 Å². The van der Waals surface area contributed by atoms with Gasteiger partial charge in [-0.05, 0) is 30.5 Å². The van der Waals surface area contributed by atoms with Crippen LogP contribution in [0.5, 0.6) is 0 Å². The van der Waals surface area contributed by atoms with Crippen LogP contribution in [0.4, 0.5) is 0 Å². The molecule has 4 heteroatoms. The van der Waals surface area contributed by atoms with E-state index in [9.17, 15) is 9.59 Å². The first-order valence-corrected chi connectivity index (χ1v) is 7.00. The standard InChI is InChI=1S/C14H17BrO3/c1-3-18-14(17)8-12-6-11(5-4-10(12)2)7-13(16)9-15/h4-6H,3,7-9H2,1-2H3. The van der Waals surface area contributed by atoms with Gasteiger partial charge in [0.2, 0.25) is 0 Å². The molecule has 0 bridgehead atoms. The second-order valence-electron chi connectivity index (χ2n) is 4.09. The van der Waals surface area contributed by atoms with E-state index in [0.717, 1.165) is 16.7 Å². The number of hydrogen-bond acceptors (Lipinski definition) is 3. The number of ketones is 1. The Kier molecular flexibility index (Phi) is 6.05. The van der Waals surface area contributed by atoms with Gasteiger partial charge in [-0.3, -0.25) is 9.59 Å². The molecule has 0 aromatic heterocycles. The molecule has 1 aromatic carbocycles. The summed E-state index contributed by atoms with van der Waals surface area (Å²) in [6.45, 7) is 4.13. The van der Waals surface area contributed by atoms with Gasteiger partial charge in [0.25, 0.3) is 0 Å². The van der Waals surface area contributed by atoms with Crippen molar-refractivity contribution < 1.29 is 14.3 Å². The van der Waals surface area contributed by atoms with Crippen LogP contribution < -0.4 is 0 Å². The van der Waals surface area contributed by atoms with E-state index >= 15 is 0 Å². The fourth-order valence-corrected chi connectivity index (χ4v) is 1.87. The predicted molar refractivity (Wildman–Crippen MR) is 74.0 cm³/mol. The van der Waals surface area contributed by atoms with E-state index in [1.807, 2.05) is 25.1 Å². The van der Waals surface area contributed by atoms with E-state index in [1.54, 1.807) is 6.92 Å². The maximum absolute atomic E-state index is 11.5. The SMILES string of the molecule is CCOC(=O)Cc1cc(CC(=O)CBr)ccc1C. The molecule has 0 fully saturated rings. The fraction of sp³-hybridized carbons (Fsp3) is 0.429. The summed E-state index contributed by atoms with van der Waals surface area (Å²) in [6.07, 6.45) is 0.650. The Hall–Kier alpha value is -1.16. The lowest BCUT2D eigenvalue weighted by Gasteiger charge is -2.08. The molecule has 98 valence electrons.